The van der Waals surface area contributed by atoms with E-state index in [0.717, 1.165) is 45.1 Å². The van der Waals surface area contributed by atoms with E-state index in [1.807, 2.05) is 21.1 Å². The molecule has 0 aliphatic heterocycles. The number of ether oxygens (including phenoxy) is 1. The fourth-order valence-corrected chi connectivity index (χ4v) is 5.92. The molecule has 0 radical (unpaired) electrons. The van der Waals surface area contributed by atoms with Crippen LogP contribution in [0.3, 0.4) is 0 Å². The lowest BCUT2D eigenvalue weighted by atomic mass is 9.92. The second kappa shape index (κ2) is 28.6. The van der Waals surface area contributed by atoms with Crippen LogP contribution in [0.5, 0.6) is 0 Å². The summed E-state index contributed by atoms with van der Waals surface area (Å²) in [7, 11) is 5.94. The highest BCUT2D eigenvalue weighted by atomic mass is 16.6. The summed E-state index contributed by atoms with van der Waals surface area (Å²) in [6.07, 6.45) is 43.9. The van der Waals surface area contributed by atoms with Gasteiger partial charge in [0.15, 0.2) is 0 Å². The van der Waals surface area contributed by atoms with E-state index >= 15 is 0 Å². The van der Waals surface area contributed by atoms with Crippen molar-refractivity contribution < 1.29 is 9.53 Å². The molecule has 0 aromatic heterocycles. The summed E-state index contributed by atoms with van der Waals surface area (Å²) in [6, 6.07) is 0. The van der Waals surface area contributed by atoms with Crippen LogP contribution in [0, 0.1) is 5.92 Å². The molecule has 1 aliphatic carbocycles. The number of likely N-dealkylation sites (N-methyl/N-ethyl adjacent to an activating group) is 2. The van der Waals surface area contributed by atoms with Crippen LogP contribution in [0.1, 0.15) is 155 Å². The smallest absolute Gasteiger partial charge is 0.409 e. The fourth-order valence-electron chi connectivity index (χ4n) is 5.92. The Labute approximate surface area is 274 Å². The molecule has 4 heteroatoms. The highest BCUT2D eigenvalue weighted by molar-refractivity contribution is 5.67. The first-order valence-electron chi connectivity index (χ1n) is 18.7. The Bertz CT molecular complexity index is 797. The van der Waals surface area contributed by atoms with Crippen molar-refractivity contribution >= 4 is 6.09 Å². The van der Waals surface area contributed by atoms with Crippen LogP contribution in [0.15, 0.2) is 48.1 Å². The van der Waals surface area contributed by atoms with Gasteiger partial charge in [-0.15, -0.1) is 0 Å². The molecule has 0 aromatic carbocycles. The number of nitrogens with zero attached hydrogens (tertiary/aromatic N) is 2. The minimum atomic E-state index is -0.155. The first kappa shape index (κ1) is 40.2. The molecule has 0 aromatic rings. The van der Waals surface area contributed by atoms with E-state index in [1.165, 1.54) is 103 Å². The summed E-state index contributed by atoms with van der Waals surface area (Å²) in [5.74, 6) is 0.444. The Kier molecular flexibility index (Phi) is 26.2. The molecule has 0 saturated carbocycles. The summed E-state index contributed by atoms with van der Waals surface area (Å²) in [5, 5.41) is 0. The average molecular weight is 613 g/mol. The Balaban J connectivity index is 2.68. The van der Waals surface area contributed by atoms with Crippen LogP contribution in [0.2, 0.25) is 0 Å². The molecule has 1 rings (SSSR count). The van der Waals surface area contributed by atoms with Crippen LogP contribution in [0.25, 0.3) is 0 Å². The van der Waals surface area contributed by atoms with Crippen LogP contribution in [-0.2, 0) is 4.74 Å². The fraction of sp³-hybridized carbons (Fsp3) is 0.775. The summed E-state index contributed by atoms with van der Waals surface area (Å²) >= 11 is 0. The van der Waals surface area contributed by atoms with Gasteiger partial charge in [-0.2, -0.15) is 0 Å². The van der Waals surface area contributed by atoms with Crippen LogP contribution < -0.4 is 0 Å². The third-order valence-corrected chi connectivity index (χ3v) is 8.98. The summed E-state index contributed by atoms with van der Waals surface area (Å²) in [4.78, 5) is 16.6. The van der Waals surface area contributed by atoms with E-state index in [2.05, 4.69) is 61.3 Å². The molecule has 0 fully saturated rings. The number of rotatable bonds is 9. The quantitative estimate of drug-likeness (QED) is 0.192. The van der Waals surface area contributed by atoms with Gasteiger partial charge in [-0.25, -0.2) is 4.79 Å². The number of hydrogen-bond donors (Lipinski definition) is 0. The van der Waals surface area contributed by atoms with Crippen molar-refractivity contribution in [2.24, 2.45) is 5.92 Å². The van der Waals surface area contributed by atoms with Gasteiger partial charge in [0.05, 0.1) is 0 Å². The van der Waals surface area contributed by atoms with Gasteiger partial charge >= 0.3 is 6.09 Å². The van der Waals surface area contributed by atoms with Crippen molar-refractivity contribution in [3.63, 3.8) is 0 Å². The van der Waals surface area contributed by atoms with Gasteiger partial charge < -0.3 is 14.5 Å². The highest BCUT2D eigenvalue weighted by Gasteiger charge is 2.17. The van der Waals surface area contributed by atoms with Gasteiger partial charge in [0.2, 0.25) is 0 Å². The monoisotopic (exact) mass is 613 g/mol. The van der Waals surface area contributed by atoms with E-state index < -0.39 is 0 Å². The largest absolute Gasteiger partial charge is 0.446 e. The molecular weight excluding hydrogens is 540 g/mol. The van der Waals surface area contributed by atoms with Gasteiger partial charge in [-0.3, -0.25) is 0 Å². The van der Waals surface area contributed by atoms with Crippen molar-refractivity contribution in [3.8, 4) is 0 Å². The summed E-state index contributed by atoms with van der Waals surface area (Å²) < 4.78 is 6.03. The van der Waals surface area contributed by atoms with Crippen molar-refractivity contribution in [2.75, 3.05) is 34.2 Å². The molecule has 0 bridgehead atoms. The third kappa shape index (κ3) is 22.7. The standard InChI is InChI=1S/C40H72N2O2/c1-6-8-9-20-26-31-38-32-27-22-17-14-15-19-24-29-34-39(44-40(43)42(5)36-35-41(3)4)33-28-23-18-13-11-10-12-16-21-25-30-37(38)7-2/h7,16,21,26-27,31-32,38-39H,6,8-15,17-20,22-25,28-30,33-36H2,1-5H3. The van der Waals surface area contributed by atoms with Gasteiger partial charge in [-0.05, 0) is 98.1 Å². The average Bonchev–Trinajstić information content (AvgIpc) is 3.01. The van der Waals surface area contributed by atoms with Crippen LogP contribution in [-0.4, -0.2) is 56.2 Å². The van der Waals surface area contributed by atoms with E-state index in [9.17, 15) is 4.79 Å². The van der Waals surface area contributed by atoms with Gasteiger partial charge in [0, 0.05) is 26.1 Å². The van der Waals surface area contributed by atoms with Gasteiger partial charge in [-0.1, -0.05) is 119 Å². The molecule has 44 heavy (non-hydrogen) atoms. The molecule has 254 valence electrons. The van der Waals surface area contributed by atoms with Crippen LogP contribution >= 0.6 is 0 Å². The molecule has 4 nitrogen and oxygen atoms in total. The lowest BCUT2D eigenvalue weighted by Gasteiger charge is -2.24. The number of allylic oxidation sites excluding steroid dienone is 8. The zero-order valence-corrected chi connectivity index (χ0v) is 29.9. The molecular formula is C40H72N2O2. The molecule has 1 aliphatic rings. The van der Waals surface area contributed by atoms with Gasteiger partial charge in [0.1, 0.15) is 6.10 Å². The SMILES string of the molecule is CC=C1CCC=CCCCCCCCCC(OC(=O)N(C)CCN(C)C)CCCCCCCCC=CC1C=CCCCCC. The van der Waals surface area contributed by atoms with Crippen molar-refractivity contribution in [1.29, 1.82) is 0 Å². The van der Waals surface area contributed by atoms with E-state index in [4.69, 9.17) is 4.74 Å². The maximum Gasteiger partial charge on any atom is 0.409 e. The van der Waals surface area contributed by atoms with E-state index in [-0.39, 0.29) is 12.2 Å². The minimum Gasteiger partial charge on any atom is -0.446 e. The molecule has 2 atom stereocenters. The number of carbonyl (C=O) groups excluding carboxylic acids is 1. The second-order valence-corrected chi connectivity index (χ2v) is 13.4. The summed E-state index contributed by atoms with van der Waals surface area (Å²) in [5.41, 5.74) is 1.56. The molecule has 0 N–H and O–H groups in total. The van der Waals surface area contributed by atoms with E-state index in [0.29, 0.717) is 12.5 Å². The number of carbonyl (C=O) groups is 1. The highest BCUT2D eigenvalue weighted by Crippen LogP contribution is 2.23. The predicted octanol–water partition coefficient (Wildman–Crippen LogP) is 11.8. The Morgan fingerprint density at radius 1 is 0.795 bits per heavy atom. The summed E-state index contributed by atoms with van der Waals surface area (Å²) in [6.45, 7) is 6.06. The van der Waals surface area contributed by atoms with Crippen LogP contribution in [0.4, 0.5) is 4.79 Å². The maximum absolute atomic E-state index is 12.7. The van der Waals surface area contributed by atoms with Crippen molar-refractivity contribution in [1.82, 2.24) is 9.80 Å². The minimum absolute atomic E-state index is 0.0600. The Morgan fingerprint density at radius 2 is 1.39 bits per heavy atom. The molecule has 1 amide bonds. The zero-order chi connectivity index (χ0) is 32.1. The van der Waals surface area contributed by atoms with E-state index in [1.54, 1.807) is 10.5 Å². The lowest BCUT2D eigenvalue weighted by Crippen LogP contribution is -2.36. The third-order valence-electron chi connectivity index (χ3n) is 8.98. The second-order valence-electron chi connectivity index (χ2n) is 13.4. The number of unbranched alkanes of at least 4 members (excludes halogenated alkanes) is 3. The molecule has 0 heterocycles. The first-order chi connectivity index (χ1) is 21.5. The number of amides is 1. The maximum atomic E-state index is 12.7. The van der Waals surface area contributed by atoms with Crippen molar-refractivity contribution in [2.45, 2.75) is 161 Å². The first-order valence-corrected chi connectivity index (χ1v) is 18.7. The zero-order valence-electron chi connectivity index (χ0n) is 29.9. The lowest BCUT2D eigenvalue weighted by molar-refractivity contribution is 0.0571. The van der Waals surface area contributed by atoms with Crippen molar-refractivity contribution in [3.05, 3.63) is 48.1 Å². The topological polar surface area (TPSA) is 32.8 Å². The Hall–Kier alpha value is -1.81. The predicted molar refractivity (Wildman–Crippen MR) is 193 cm³/mol. The van der Waals surface area contributed by atoms with Gasteiger partial charge in [0.25, 0.3) is 0 Å². The molecule has 0 spiro atoms. The molecule has 0 saturated heterocycles. The normalized spacial score (nSPS) is 22.5. The molecule has 2 unspecified atom stereocenters. The Morgan fingerprint density at radius 3 is 2.00 bits per heavy atom. The number of hydrogen-bond acceptors (Lipinski definition) is 3.